The van der Waals surface area contributed by atoms with Gasteiger partial charge in [0.05, 0.1) is 0 Å². The number of hydrogen-bond donors (Lipinski definition) is 2. The topological polar surface area (TPSA) is 63.8 Å². The fraction of sp³-hybridized carbons (Fsp3) is 0.500. The molecule has 0 aliphatic heterocycles. The maximum absolute atomic E-state index is 5.44. The molecule has 66 valence electrons. The molecule has 0 atom stereocenters. The van der Waals surface area contributed by atoms with Gasteiger partial charge in [0.15, 0.2) is 0 Å². The molecule has 0 unspecified atom stereocenters. The molecule has 0 radical (unpaired) electrons. The van der Waals surface area contributed by atoms with Gasteiger partial charge in [-0.1, -0.05) is 6.92 Å². The summed E-state index contributed by atoms with van der Waals surface area (Å²) < 4.78 is 0. The number of nitrogens with two attached hydrogens (primary N) is 1. The smallest absolute Gasteiger partial charge is 0.221 e. The van der Waals surface area contributed by atoms with E-state index in [-0.39, 0.29) is 0 Å². The van der Waals surface area contributed by atoms with Crippen LogP contribution in [0, 0.1) is 6.92 Å². The lowest BCUT2D eigenvalue weighted by Gasteiger charge is -2.06. The van der Waals surface area contributed by atoms with Crippen molar-refractivity contribution in [1.29, 1.82) is 0 Å². The first-order chi connectivity index (χ1) is 5.74. The Balaban J connectivity index is 2.75. The first-order valence-corrected chi connectivity index (χ1v) is 4.07. The summed E-state index contributed by atoms with van der Waals surface area (Å²) in [6, 6.07) is 0. The molecular weight excluding hydrogens is 152 g/mol. The molecule has 0 aromatic carbocycles. The molecule has 0 aliphatic rings. The quantitative estimate of drug-likeness (QED) is 0.708. The van der Waals surface area contributed by atoms with E-state index in [4.69, 9.17) is 5.73 Å². The highest BCUT2D eigenvalue weighted by Crippen LogP contribution is 2.10. The van der Waals surface area contributed by atoms with Crippen LogP contribution in [0.15, 0.2) is 6.20 Å². The van der Waals surface area contributed by atoms with Gasteiger partial charge in [0.2, 0.25) is 5.95 Å². The van der Waals surface area contributed by atoms with Crippen LogP contribution in [0.3, 0.4) is 0 Å². The molecule has 0 amide bonds. The number of nitrogens with zero attached hydrogens (tertiary/aromatic N) is 2. The van der Waals surface area contributed by atoms with E-state index < -0.39 is 0 Å². The average molecular weight is 166 g/mol. The predicted molar refractivity (Wildman–Crippen MR) is 50.0 cm³/mol. The second-order valence-electron chi connectivity index (χ2n) is 2.69. The third-order valence-electron chi connectivity index (χ3n) is 1.53. The van der Waals surface area contributed by atoms with Crippen LogP contribution >= 0.6 is 0 Å². The van der Waals surface area contributed by atoms with E-state index in [0.717, 1.165) is 24.3 Å². The number of anilines is 2. The average Bonchev–Trinajstić information content (AvgIpc) is 2.07. The van der Waals surface area contributed by atoms with Crippen LogP contribution in [0.25, 0.3) is 0 Å². The molecule has 0 spiro atoms. The monoisotopic (exact) mass is 166 g/mol. The van der Waals surface area contributed by atoms with Gasteiger partial charge in [-0.15, -0.1) is 0 Å². The van der Waals surface area contributed by atoms with Gasteiger partial charge in [-0.2, -0.15) is 4.98 Å². The molecule has 0 aliphatic carbocycles. The molecule has 0 bridgehead atoms. The van der Waals surface area contributed by atoms with Gasteiger partial charge in [-0.3, -0.25) is 0 Å². The molecule has 12 heavy (non-hydrogen) atoms. The summed E-state index contributed by atoms with van der Waals surface area (Å²) in [5.41, 5.74) is 6.46. The second-order valence-corrected chi connectivity index (χ2v) is 2.69. The summed E-state index contributed by atoms with van der Waals surface area (Å²) in [4.78, 5) is 7.94. The van der Waals surface area contributed by atoms with Crippen LogP contribution < -0.4 is 11.1 Å². The Kier molecular flexibility index (Phi) is 2.85. The van der Waals surface area contributed by atoms with Crippen molar-refractivity contribution < 1.29 is 0 Å². The van der Waals surface area contributed by atoms with Gasteiger partial charge in [-0.05, 0) is 13.3 Å². The van der Waals surface area contributed by atoms with E-state index in [1.807, 2.05) is 6.92 Å². The first kappa shape index (κ1) is 8.77. The molecule has 1 heterocycles. The van der Waals surface area contributed by atoms with Crippen LogP contribution in [0.5, 0.6) is 0 Å². The maximum atomic E-state index is 5.44. The Morgan fingerprint density at radius 3 is 3.00 bits per heavy atom. The number of nitrogen functional groups attached to an aromatic ring is 1. The molecule has 4 heteroatoms. The Hall–Kier alpha value is -1.32. The van der Waals surface area contributed by atoms with E-state index in [2.05, 4.69) is 22.2 Å². The van der Waals surface area contributed by atoms with Crippen molar-refractivity contribution in [3.63, 3.8) is 0 Å². The number of aryl methyl sites for hydroxylation is 1. The SMILES string of the molecule is CCCNc1nc(N)ncc1C. The van der Waals surface area contributed by atoms with Crippen molar-refractivity contribution in [3.05, 3.63) is 11.8 Å². The van der Waals surface area contributed by atoms with E-state index in [9.17, 15) is 0 Å². The molecule has 1 aromatic rings. The van der Waals surface area contributed by atoms with Gasteiger partial charge >= 0.3 is 0 Å². The summed E-state index contributed by atoms with van der Waals surface area (Å²) in [5.74, 6) is 1.16. The van der Waals surface area contributed by atoms with Crippen molar-refractivity contribution in [3.8, 4) is 0 Å². The Morgan fingerprint density at radius 2 is 2.33 bits per heavy atom. The highest BCUT2D eigenvalue weighted by atomic mass is 15.1. The Morgan fingerprint density at radius 1 is 1.58 bits per heavy atom. The van der Waals surface area contributed by atoms with E-state index in [1.165, 1.54) is 0 Å². The van der Waals surface area contributed by atoms with E-state index in [0.29, 0.717) is 5.95 Å². The predicted octanol–water partition coefficient (Wildman–Crippen LogP) is 1.19. The van der Waals surface area contributed by atoms with Crippen molar-refractivity contribution in [2.24, 2.45) is 0 Å². The van der Waals surface area contributed by atoms with Gasteiger partial charge in [0.25, 0.3) is 0 Å². The minimum absolute atomic E-state index is 0.319. The fourth-order valence-corrected chi connectivity index (χ4v) is 0.878. The molecular formula is C8H14N4. The molecule has 1 aromatic heterocycles. The third kappa shape index (κ3) is 2.08. The second kappa shape index (κ2) is 3.90. The Labute approximate surface area is 72.2 Å². The summed E-state index contributed by atoms with van der Waals surface area (Å²) >= 11 is 0. The van der Waals surface area contributed by atoms with Gasteiger partial charge in [0.1, 0.15) is 5.82 Å². The Bertz CT molecular complexity index is 259. The number of hydrogen-bond acceptors (Lipinski definition) is 4. The van der Waals surface area contributed by atoms with Crippen molar-refractivity contribution in [2.45, 2.75) is 20.3 Å². The normalized spacial score (nSPS) is 9.83. The maximum Gasteiger partial charge on any atom is 0.221 e. The number of nitrogens with one attached hydrogen (secondary N) is 1. The lowest BCUT2D eigenvalue weighted by molar-refractivity contribution is 0.961. The minimum atomic E-state index is 0.319. The summed E-state index contributed by atoms with van der Waals surface area (Å²) in [6.07, 6.45) is 2.80. The lowest BCUT2D eigenvalue weighted by atomic mass is 10.3. The van der Waals surface area contributed by atoms with Gasteiger partial charge < -0.3 is 11.1 Å². The van der Waals surface area contributed by atoms with Gasteiger partial charge in [-0.25, -0.2) is 4.98 Å². The van der Waals surface area contributed by atoms with Crippen LogP contribution in [-0.4, -0.2) is 16.5 Å². The van der Waals surface area contributed by atoms with Crippen LogP contribution in [-0.2, 0) is 0 Å². The third-order valence-corrected chi connectivity index (χ3v) is 1.53. The zero-order chi connectivity index (χ0) is 8.97. The van der Waals surface area contributed by atoms with Crippen molar-refractivity contribution >= 4 is 11.8 Å². The van der Waals surface area contributed by atoms with Crippen LogP contribution in [0.4, 0.5) is 11.8 Å². The largest absolute Gasteiger partial charge is 0.370 e. The molecule has 4 nitrogen and oxygen atoms in total. The molecule has 3 N–H and O–H groups in total. The molecule has 0 saturated heterocycles. The summed E-state index contributed by atoms with van der Waals surface area (Å²) in [7, 11) is 0. The fourth-order valence-electron chi connectivity index (χ4n) is 0.878. The van der Waals surface area contributed by atoms with Crippen LogP contribution in [0.2, 0.25) is 0 Å². The first-order valence-electron chi connectivity index (χ1n) is 4.07. The number of aromatic nitrogens is 2. The summed E-state index contributed by atoms with van der Waals surface area (Å²) in [6.45, 7) is 4.97. The van der Waals surface area contributed by atoms with Gasteiger partial charge in [0, 0.05) is 18.3 Å². The molecule has 1 rings (SSSR count). The van der Waals surface area contributed by atoms with Crippen molar-refractivity contribution in [2.75, 3.05) is 17.6 Å². The van der Waals surface area contributed by atoms with Crippen LogP contribution in [0.1, 0.15) is 18.9 Å². The van der Waals surface area contributed by atoms with E-state index in [1.54, 1.807) is 6.20 Å². The molecule has 0 saturated carbocycles. The van der Waals surface area contributed by atoms with E-state index >= 15 is 0 Å². The minimum Gasteiger partial charge on any atom is -0.370 e. The highest BCUT2D eigenvalue weighted by Gasteiger charge is 1.98. The molecule has 0 fully saturated rings. The highest BCUT2D eigenvalue weighted by molar-refractivity contribution is 5.44. The summed E-state index contributed by atoms with van der Waals surface area (Å²) in [5, 5.41) is 3.17. The number of rotatable bonds is 3. The zero-order valence-electron chi connectivity index (χ0n) is 7.46. The lowest BCUT2D eigenvalue weighted by Crippen LogP contribution is -2.06. The zero-order valence-corrected chi connectivity index (χ0v) is 7.46. The standard InChI is InChI=1S/C8H14N4/c1-3-4-10-7-6(2)5-11-8(9)12-7/h5H,3-4H2,1-2H3,(H3,9,10,11,12). The van der Waals surface area contributed by atoms with Crippen molar-refractivity contribution in [1.82, 2.24) is 9.97 Å².